The molecule has 7 nitrogen and oxygen atoms in total. The van der Waals surface area contributed by atoms with Crippen molar-refractivity contribution >= 4 is 21.3 Å². The fraction of sp³-hybridized carbons (Fsp3) is 0.190. The number of aryl methyl sites for hydroxylation is 1. The number of carbonyl (C=O) groups is 1. The van der Waals surface area contributed by atoms with Gasteiger partial charge in [-0.25, -0.2) is 17.8 Å². The topological polar surface area (TPSA) is 105 Å². The van der Waals surface area contributed by atoms with E-state index in [2.05, 4.69) is 15.5 Å². The largest absolute Gasteiger partial charge is 0.435 e. The Balaban J connectivity index is 2.11. The van der Waals surface area contributed by atoms with Gasteiger partial charge in [-0.1, -0.05) is 6.07 Å². The second kappa shape index (κ2) is 8.97. The molecule has 1 atom stereocenters. The number of carbonyl (C=O) groups excluding carboxylic acids is 1. The first-order chi connectivity index (χ1) is 15.7. The number of rotatable bonds is 5. The Hall–Kier alpha value is -3.61. The second-order valence-corrected chi connectivity index (χ2v) is 9.50. The van der Waals surface area contributed by atoms with E-state index >= 15 is 0 Å². The molecule has 0 bridgehead atoms. The second-order valence-electron chi connectivity index (χ2n) is 7.34. The lowest BCUT2D eigenvalue weighted by Crippen LogP contribution is -2.21. The third-order valence-electron chi connectivity index (χ3n) is 4.56. The van der Waals surface area contributed by atoms with Crippen molar-refractivity contribution in [3.63, 3.8) is 0 Å². The van der Waals surface area contributed by atoms with Crippen molar-refractivity contribution in [2.24, 2.45) is 0 Å². The summed E-state index contributed by atoms with van der Waals surface area (Å²) in [5, 5.41) is 8.60. The van der Waals surface area contributed by atoms with Gasteiger partial charge < -0.3 is 10.1 Å². The molecule has 0 radical (unpaired) electrons. The summed E-state index contributed by atoms with van der Waals surface area (Å²) < 4.78 is 93.4. The van der Waals surface area contributed by atoms with Gasteiger partial charge in [0.25, 0.3) is 11.8 Å². The van der Waals surface area contributed by atoms with E-state index in [1.807, 2.05) is 0 Å². The molecule has 0 aliphatic rings. The number of hydrogen-bond donors (Lipinski definition) is 2. The lowest BCUT2D eigenvalue weighted by Gasteiger charge is -2.16. The van der Waals surface area contributed by atoms with E-state index in [-0.39, 0.29) is 16.1 Å². The smallest absolute Gasteiger partial charge is 0.431 e. The van der Waals surface area contributed by atoms with E-state index in [0.717, 1.165) is 25.3 Å². The standard InChI is InChI=1S/C21H17F5N4O3S/c1-10-7-14(22)17(15(23)8-10)33-20-16(11(2)18(29-30-20)21(24,25)26)19(31)28-12-5-4-6-13(9-12)34(3,27)32/h4-9,27H,1-3H3,(H,28,31). The Morgan fingerprint density at radius 3 is 2.26 bits per heavy atom. The number of anilines is 1. The van der Waals surface area contributed by atoms with Gasteiger partial charge in [0.2, 0.25) is 5.75 Å². The molecular weight excluding hydrogens is 483 g/mol. The molecule has 2 aromatic carbocycles. The van der Waals surface area contributed by atoms with Gasteiger partial charge in [0.15, 0.2) is 17.3 Å². The van der Waals surface area contributed by atoms with Gasteiger partial charge in [0, 0.05) is 16.8 Å². The molecule has 13 heteroatoms. The number of hydrogen-bond acceptors (Lipinski definition) is 6. The Morgan fingerprint density at radius 1 is 1.09 bits per heavy atom. The zero-order chi connectivity index (χ0) is 25.4. The molecule has 0 aliphatic heterocycles. The van der Waals surface area contributed by atoms with Crippen LogP contribution in [0.2, 0.25) is 0 Å². The van der Waals surface area contributed by atoms with Crippen LogP contribution in [-0.4, -0.2) is 26.6 Å². The van der Waals surface area contributed by atoms with E-state index in [4.69, 9.17) is 9.52 Å². The highest BCUT2D eigenvalue weighted by Gasteiger charge is 2.38. The number of aromatic nitrogens is 2. The van der Waals surface area contributed by atoms with Crippen LogP contribution in [0.4, 0.5) is 27.6 Å². The molecular formula is C21H17F5N4O3S. The van der Waals surface area contributed by atoms with Crippen LogP contribution in [0.5, 0.6) is 11.6 Å². The Labute approximate surface area is 190 Å². The number of alkyl halides is 3. The number of ether oxygens (including phenoxy) is 1. The summed E-state index contributed by atoms with van der Waals surface area (Å²) in [5.41, 5.74) is -2.73. The summed E-state index contributed by atoms with van der Waals surface area (Å²) in [5.74, 6) is -5.32. The molecule has 0 aliphatic carbocycles. The highest BCUT2D eigenvalue weighted by Crippen LogP contribution is 2.36. The molecule has 1 unspecified atom stereocenters. The monoisotopic (exact) mass is 500 g/mol. The highest BCUT2D eigenvalue weighted by atomic mass is 32.2. The molecule has 180 valence electrons. The van der Waals surface area contributed by atoms with Crippen molar-refractivity contribution in [3.05, 3.63) is 70.4 Å². The molecule has 3 aromatic rings. The van der Waals surface area contributed by atoms with Crippen molar-refractivity contribution in [2.45, 2.75) is 24.9 Å². The molecule has 0 saturated heterocycles. The van der Waals surface area contributed by atoms with Gasteiger partial charge in [-0.2, -0.15) is 13.2 Å². The normalized spacial score (nSPS) is 13.3. The minimum Gasteiger partial charge on any atom is -0.431 e. The summed E-state index contributed by atoms with van der Waals surface area (Å²) >= 11 is 0. The van der Waals surface area contributed by atoms with Crippen molar-refractivity contribution in [2.75, 3.05) is 11.6 Å². The molecule has 34 heavy (non-hydrogen) atoms. The van der Waals surface area contributed by atoms with Crippen LogP contribution in [-0.2, 0) is 15.9 Å². The van der Waals surface area contributed by atoms with E-state index in [1.165, 1.54) is 31.2 Å². The van der Waals surface area contributed by atoms with Crippen LogP contribution >= 0.6 is 0 Å². The predicted molar refractivity (Wildman–Crippen MR) is 112 cm³/mol. The molecule has 0 fully saturated rings. The first kappa shape index (κ1) is 25.0. The summed E-state index contributed by atoms with van der Waals surface area (Å²) in [6.45, 7) is 2.34. The maximum atomic E-state index is 14.3. The number of amides is 1. The molecule has 2 N–H and O–H groups in total. The van der Waals surface area contributed by atoms with Gasteiger partial charge in [-0.15, -0.1) is 10.2 Å². The SMILES string of the molecule is Cc1cc(F)c(Oc2nnc(C(F)(F)F)c(C)c2C(=O)Nc2cccc(S(C)(=N)=O)c2)c(F)c1. The summed E-state index contributed by atoms with van der Waals surface area (Å²) in [6, 6.07) is 7.18. The predicted octanol–water partition coefficient (Wildman–Crippen LogP) is 5.47. The minimum atomic E-state index is -4.98. The molecule has 1 heterocycles. The lowest BCUT2D eigenvalue weighted by molar-refractivity contribution is -0.142. The Kier molecular flexibility index (Phi) is 6.60. The van der Waals surface area contributed by atoms with Crippen LogP contribution in [0, 0.1) is 30.3 Å². The summed E-state index contributed by atoms with van der Waals surface area (Å²) in [6.07, 6.45) is -3.83. The van der Waals surface area contributed by atoms with Crippen LogP contribution < -0.4 is 10.1 Å². The van der Waals surface area contributed by atoms with E-state index < -0.39 is 61.9 Å². The fourth-order valence-corrected chi connectivity index (χ4v) is 3.69. The van der Waals surface area contributed by atoms with E-state index in [9.17, 15) is 31.0 Å². The Morgan fingerprint density at radius 2 is 1.71 bits per heavy atom. The van der Waals surface area contributed by atoms with Crippen molar-refractivity contribution in [3.8, 4) is 11.6 Å². The van der Waals surface area contributed by atoms with Gasteiger partial charge in [-0.3, -0.25) is 4.79 Å². The van der Waals surface area contributed by atoms with Crippen LogP contribution in [0.3, 0.4) is 0 Å². The van der Waals surface area contributed by atoms with Gasteiger partial charge in [0.1, 0.15) is 5.56 Å². The van der Waals surface area contributed by atoms with Gasteiger partial charge >= 0.3 is 6.18 Å². The number of benzene rings is 2. The summed E-state index contributed by atoms with van der Waals surface area (Å²) in [4.78, 5) is 13.0. The lowest BCUT2D eigenvalue weighted by atomic mass is 10.1. The average Bonchev–Trinajstić information content (AvgIpc) is 2.69. The fourth-order valence-electron chi connectivity index (χ4n) is 3.00. The number of nitrogens with zero attached hydrogens (tertiary/aromatic N) is 2. The van der Waals surface area contributed by atoms with Crippen LogP contribution in [0.15, 0.2) is 41.3 Å². The zero-order valence-corrected chi connectivity index (χ0v) is 18.7. The molecule has 0 spiro atoms. The maximum Gasteiger partial charge on any atom is 0.435 e. The molecule has 3 rings (SSSR count). The highest BCUT2D eigenvalue weighted by molar-refractivity contribution is 7.91. The molecule has 1 aromatic heterocycles. The maximum absolute atomic E-state index is 14.3. The molecule has 1 amide bonds. The average molecular weight is 500 g/mol. The first-order valence-electron chi connectivity index (χ1n) is 9.41. The third-order valence-corrected chi connectivity index (χ3v) is 5.72. The number of halogens is 5. The van der Waals surface area contributed by atoms with Crippen LogP contribution in [0.1, 0.15) is 27.2 Å². The zero-order valence-electron chi connectivity index (χ0n) is 17.9. The summed E-state index contributed by atoms with van der Waals surface area (Å²) in [7, 11) is -3.15. The molecule has 0 saturated carbocycles. The van der Waals surface area contributed by atoms with Crippen LogP contribution in [0.25, 0.3) is 0 Å². The van der Waals surface area contributed by atoms with Gasteiger partial charge in [-0.05, 0) is 55.3 Å². The van der Waals surface area contributed by atoms with Crippen molar-refractivity contribution < 1.29 is 35.7 Å². The van der Waals surface area contributed by atoms with Crippen molar-refractivity contribution in [1.29, 1.82) is 4.78 Å². The minimum absolute atomic E-state index is 0.00717. The quantitative estimate of drug-likeness (QED) is 0.452. The van der Waals surface area contributed by atoms with E-state index in [0.29, 0.717) is 0 Å². The van der Waals surface area contributed by atoms with Gasteiger partial charge in [0.05, 0.1) is 9.73 Å². The third kappa shape index (κ3) is 5.30. The Bertz CT molecular complexity index is 1370. The number of nitrogens with one attached hydrogen (secondary N) is 2. The first-order valence-corrected chi connectivity index (χ1v) is 11.4. The van der Waals surface area contributed by atoms with E-state index in [1.54, 1.807) is 0 Å². The van der Waals surface area contributed by atoms with Crippen molar-refractivity contribution in [1.82, 2.24) is 10.2 Å².